The molecule has 2 heterocycles. The topological polar surface area (TPSA) is 72.5 Å². The van der Waals surface area contributed by atoms with Crippen LogP contribution < -0.4 is 10.1 Å². The van der Waals surface area contributed by atoms with E-state index in [9.17, 15) is 13.2 Å². The number of sulfone groups is 1. The van der Waals surface area contributed by atoms with Gasteiger partial charge in [-0.25, -0.2) is 8.42 Å². The highest BCUT2D eigenvalue weighted by atomic mass is 35.5. The standard InChI is InChI=1S/C18H16ClNO4S3/c19-13-5-7-14(8-6-13)24-12-17(21)20-11-16(15-3-1-9-25-15)27(22,23)18-4-2-10-26-18/h1-10,16H,11-12H2,(H,20,21)/t16-/m0/s1. The highest BCUT2D eigenvalue weighted by Gasteiger charge is 2.31. The zero-order valence-corrected chi connectivity index (χ0v) is 17.2. The van der Waals surface area contributed by atoms with Crippen LogP contribution in [0.3, 0.4) is 0 Å². The molecule has 0 aliphatic heterocycles. The Morgan fingerprint density at radius 1 is 1.07 bits per heavy atom. The van der Waals surface area contributed by atoms with E-state index in [-0.39, 0.29) is 17.4 Å². The summed E-state index contributed by atoms with van der Waals surface area (Å²) in [6.07, 6.45) is 0. The quantitative estimate of drug-likeness (QED) is 0.569. The van der Waals surface area contributed by atoms with Crippen LogP contribution in [0.5, 0.6) is 5.75 Å². The Kier molecular flexibility index (Phi) is 6.54. The first-order valence-electron chi connectivity index (χ1n) is 7.92. The second-order valence-corrected chi connectivity index (χ2v) is 10.2. The Labute approximate surface area is 170 Å². The largest absolute Gasteiger partial charge is 0.484 e. The molecule has 0 aliphatic rings. The lowest BCUT2D eigenvalue weighted by atomic mass is 10.3. The highest BCUT2D eigenvalue weighted by molar-refractivity contribution is 7.93. The SMILES string of the molecule is O=C(COc1ccc(Cl)cc1)NC[C@@H](c1cccs1)S(=O)(=O)c1cccs1. The average Bonchev–Trinajstić information content (AvgIpc) is 3.35. The van der Waals surface area contributed by atoms with E-state index < -0.39 is 21.0 Å². The monoisotopic (exact) mass is 441 g/mol. The highest BCUT2D eigenvalue weighted by Crippen LogP contribution is 2.33. The fourth-order valence-corrected chi connectivity index (χ4v) is 6.46. The summed E-state index contributed by atoms with van der Waals surface area (Å²) in [7, 11) is -3.59. The van der Waals surface area contributed by atoms with E-state index in [1.807, 2.05) is 5.38 Å². The van der Waals surface area contributed by atoms with Gasteiger partial charge in [-0.1, -0.05) is 23.7 Å². The van der Waals surface area contributed by atoms with Gasteiger partial charge in [-0.05, 0) is 47.2 Å². The van der Waals surface area contributed by atoms with Crippen molar-refractivity contribution < 1.29 is 17.9 Å². The molecule has 1 atom stereocenters. The van der Waals surface area contributed by atoms with E-state index >= 15 is 0 Å². The van der Waals surface area contributed by atoms with Gasteiger partial charge in [-0.15, -0.1) is 22.7 Å². The van der Waals surface area contributed by atoms with Crippen molar-refractivity contribution in [3.63, 3.8) is 0 Å². The number of carbonyl (C=O) groups is 1. The third-order valence-electron chi connectivity index (χ3n) is 3.68. The van der Waals surface area contributed by atoms with Crippen molar-refractivity contribution in [1.29, 1.82) is 0 Å². The summed E-state index contributed by atoms with van der Waals surface area (Å²) < 4.78 is 31.5. The molecular weight excluding hydrogens is 426 g/mol. The molecule has 0 fully saturated rings. The zero-order chi connectivity index (χ0) is 19.3. The maximum Gasteiger partial charge on any atom is 0.257 e. The van der Waals surface area contributed by atoms with Crippen molar-refractivity contribution in [1.82, 2.24) is 5.32 Å². The van der Waals surface area contributed by atoms with Crippen LogP contribution in [0, 0.1) is 0 Å². The molecule has 0 spiro atoms. The van der Waals surface area contributed by atoms with Crippen molar-refractivity contribution in [2.75, 3.05) is 13.2 Å². The van der Waals surface area contributed by atoms with Crippen LogP contribution in [0.25, 0.3) is 0 Å². The number of thiophene rings is 2. The number of amides is 1. The molecule has 0 radical (unpaired) electrons. The summed E-state index contributed by atoms with van der Waals surface area (Å²) in [5.41, 5.74) is 0. The number of benzene rings is 1. The molecule has 0 saturated carbocycles. The predicted molar refractivity (Wildman–Crippen MR) is 109 cm³/mol. The van der Waals surface area contributed by atoms with E-state index in [1.54, 1.807) is 53.9 Å². The molecule has 2 aromatic heterocycles. The average molecular weight is 442 g/mol. The molecule has 0 aliphatic carbocycles. The lowest BCUT2D eigenvalue weighted by molar-refractivity contribution is -0.123. The maximum atomic E-state index is 12.9. The molecule has 27 heavy (non-hydrogen) atoms. The molecule has 9 heteroatoms. The lowest BCUT2D eigenvalue weighted by Crippen LogP contribution is -2.34. The Morgan fingerprint density at radius 3 is 2.41 bits per heavy atom. The van der Waals surface area contributed by atoms with Crippen molar-refractivity contribution in [3.8, 4) is 5.75 Å². The first kappa shape index (κ1) is 19.9. The summed E-state index contributed by atoms with van der Waals surface area (Å²) in [5.74, 6) is 0.114. The summed E-state index contributed by atoms with van der Waals surface area (Å²) in [6, 6.07) is 13.5. The fourth-order valence-electron chi connectivity index (χ4n) is 2.34. The van der Waals surface area contributed by atoms with Crippen molar-refractivity contribution in [3.05, 3.63) is 69.2 Å². The van der Waals surface area contributed by atoms with Crippen LogP contribution in [0.2, 0.25) is 5.02 Å². The van der Waals surface area contributed by atoms with E-state index in [1.165, 1.54) is 22.7 Å². The van der Waals surface area contributed by atoms with Crippen LogP contribution >= 0.6 is 34.3 Å². The van der Waals surface area contributed by atoms with E-state index in [0.29, 0.717) is 15.6 Å². The lowest BCUT2D eigenvalue weighted by Gasteiger charge is -2.16. The van der Waals surface area contributed by atoms with Crippen LogP contribution in [0.4, 0.5) is 0 Å². The molecule has 0 bridgehead atoms. The van der Waals surface area contributed by atoms with Crippen LogP contribution in [0.15, 0.2) is 63.5 Å². The Bertz CT molecular complexity index is 968. The van der Waals surface area contributed by atoms with Gasteiger partial charge >= 0.3 is 0 Å². The second-order valence-electron chi connectivity index (χ2n) is 5.53. The number of halogens is 1. The van der Waals surface area contributed by atoms with E-state index in [0.717, 1.165) is 0 Å². The molecule has 3 aromatic rings. The van der Waals surface area contributed by atoms with Crippen LogP contribution in [-0.4, -0.2) is 27.5 Å². The molecule has 1 N–H and O–H groups in total. The normalized spacial score (nSPS) is 12.5. The van der Waals surface area contributed by atoms with Crippen molar-refractivity contribution in [2.24, 2.45) is 0 Å². The molecule has 1 amide bonds. The van der Waals surface area contributed by atoms with Crippen molar-refractivity contribution in [2.45, 2.75) is 9.46 Å². The van der Waals surface area contributed by atoms with Gasteiger partial charge < -0.3 is 10.1 Å². The summed E-state index contributed by atoms with van der Waals surface area (Å²) in [4.78, 5) is 12.8. The second kappa shape index (κ2) is 8.88. The molecular formula is C18H16ClNO4S3. The number of hydrogen-bond donors (Lipinski definition) is 1. The number of rotatable bonds is 8. The van der Waals surface area contributed by atoms with E-state index in [2.05, 4.69) is 5.32 Å². The maximum absolute atomic E-state index is 12.9. The van der Waals surface area contributed by atoms with Gasteiger partial charge in [0.15, 0.2) is 16.4 Å². The van der Waals surface area contributed by atoms with Gasteiger partial charge in [0.1, 0.15) is 15.2 Å². The molecule has 0 unspecified atom stereocenters. The van der Waals surface area contributed by atoms with E-state index in [4.69, 9.17) is 16.3 Å². The third kappa shape index (κ3) is 5.10. The molecule has 5 nitrogen and oxygen atoms in total. The third-order valence-corrected chi connectivity index (χ3v) is 8.58. The fraction of sp³-hybridized carbons (Fsp3) is 0.167. The van der Waals surface area contributed by atoms with Gasteiger partial charge in [0, 0.05) is 16.4 Å². The van der Waals surface area contributed by atoms with Gasteiger partial charge in [0.25, 0.3) is 5.91 Å². The number of nitrogens with one attached hydrogen (secondary N) is 1. The Morgan fingerprint density at radius 2 is 1.78 bits per heavy atom. The molecule has 0 saturated heterocycles. The minimum atomic E-state index is -3.59. The number of carbonyl (C=O) groups excluding carboxylic acids is 1. The molecule has 3 rings (SSSR count). The predicted octanol–water partition coefficient (Wildman–Crippen LogP) is 4.17. The van der Waals surface area contributed by atoms with Crippen molar-refractivity contribution >= 4 is 50.0 Å². The summed E-state index contributed by atoms with van der Waals surface area (Å²) in [6.45, 7) is -0.235. The summed E-state index contributed by atoms with van der Waals surface area (Å²) >= 11 is 8.32. The Balaban J connectivity index is 1.65. The minimum absolute atomic E-state index is 0.0242. The first-order chi connectivity index (χ1) is 13.0. The van der Waals surface area contributed by atoms with Gasteiger partial charge in [0.05, 0.1) is 0 Å². The van der Waals surface area contributed by atoms with Crippen LogP contribution in [-0.2, 0) is 14.6 Å². The Hall–Kier alpha value is -1.87. The molecule has 142 valence electrons. The van der Waals surface area contributed by atoms with Gasteiger partial charge in [0.2, 0.25) is 0 Å². The van der Waals surface area contributed by atoms with Gasteiger partial charge in [-0.3, -0.25) is 4.79 Å². The van der Waals surface area contributed by atoms with Gasteiger partial charge in [-0.2, -0.15) is 0 Å². The minimum Gasteiger partial charge on any atom is -0.484 e. The zero-order valence-electron chi connectivity index (χ0n) is 14.0. The van der Waals surface area contributed by atoms with Crippen LogP contribution in [0.1, 0.15) is 10.1 Å². The smallest absolute Gasteiger partial charge is 0.257 e. The first-order valence-corrected chi connectivity index (χ1v) is 11.6. The number of ether oxygens (including phenoxy) is 1. The number of hydrogen-bond acceptors (Lipinski definition) is 6. The molecule has 1 aromatic carbocycles. The summed E-state index contributed by atoms with van der Waals surface area (Å²) in [5, 5.41) is 5.94.